The van der Waals surface area contributed by atoms with Gasteiger partial charge in [-0.3, -0.25) is 0 Å². The van der Waals surface area contributed by atoms with Crippen LogP contribution in [0, 0.1) is 6.92 Å². The highest BCUT2D eigenvalue weighted by Gasteiger charge is 2.17. The molecule has 114 valence electrons. The molecule has 1 atom stereocenters. The fourth-order valence-corrected chi connectivity index (χ4v) is 2.75. The summed E-state index contributed by atoms with van der Waals surface area (Å²) < 4.78 is 0. The first-order valence-electron chi connectivity index (χ1n) is 8.12. The molecular formula is C18H32N2. The van der Waals surface area contributed by atoms with E-state index in [1.54, 1.807) is 0 Å². The van der Waals surface area contributed by atoms with Crippen LogP contribution in [0.15, 0.2) is 24.3 Å². The summed E-state index contributed by atoms with van der Waals surface area (Å²) in [7, 11) is 2.26. The smallest absolute Gasteiger partial charge is 0.0449 e. The molecule has 0 heterocycles. The molecule has 0 radical (unpaired) electrons. The van der Waals surface area contributed by atoms with Crippen LogP contribution in [0.5, 0.6) is 0 Å². The van der Waals surface area contributed by atoms with Crippen LogP contribution >= 0.6 is 0 Å². The first-order chi connectivity index (χ1) is 9.62. The molecule has 1 aromatic carbocycles. The van der Waals surface area contributed by atoms with Crippen molar-refractivity contribution < 1.29 is 0 Å². The molecular weight excluding hydrogens is 244 g/mol. The first kappa shape index (κ1) is 17.2. The van der Waals surface area contributed by atoms with Gasteiger partial charge in [-0.1, -0.05) is 50.6 Å². The molecule has 0 spiro atoms. The second kappa shape index (κ2) is 9.15. The molecule has 0 aliphatic carbocycles. The summed E-state index contributed by atoms with van der Waals surface area (Å²) in [6, 6.07) is 10.1. The largest absolute Gasteiger partial charge is 0.309 e. The lowest BCUT2D eigenvalue weighted by atomic mass is 10.0. The predicted molar refractivity (Wildman–Crippen MR) is 89.2 cm³/mol. The van der Waals surface area contributed by atoms with Gasteiger partial charge in [0.15, 0.2) is 0 Å². The molecule has 0 amide bonds. The van der Waals surface area contributed by atoms with Crippen molar-refractivity contribution in [2.24, 2.45) is 0 Å². The second-order valence-corrected chi connectivity index (χ2v) is 5.83. The number of nitrogens with zero attached hydrogens (tertiary/aromatic N) is 1. The van der Waals surface area contributed by atoms with Gasteiger partial charge in [0.25, 0.3) is 0 Å². The quantitative estimate of drug-likeness (QED) is 0.728. The Morgan fingerprint density at radius 1 is 1.05 bits per heavy atom. The minimum Gasteiger partial charge on any atom is -0.309 e. The molecule has 0 saturated heterocycles. The van der Waals surface area contributed by atoms with E-state index in [0.717, 1.165) is 13.1 Å². The Labute approximate surface area is 125 Å². The molecule has 20 heavy (non-hydrogen) atoms. The van der Waals surface area contributed by atoms with E-state index in [-0.39, 0.29) is 0 Å². The zero-order valence-corrected chi connectivity index (χ0v) is 13.9. The summed E-state index contributed by atoms with van der Waals surface area (Å²) in [4.78, 5) is 2.51. The number of nitrogens with one attached hydrogen (secondary N) is 1. The molecule has 0 bridgehead atoms. The maximum atomic E-state index is 3.70. The van der Waals surface area contributed by atoms with Gasteiger partial charge in [0.1, 0.15) is 0 Å². The summed E-state index contributed by atoms with van der Waals surface area (Å²) in [5.74, 6) is 0. The third-order valence-corrected chi connectivity index (χ3v) is 4.16. The van der Waals surface area contributed by atoms with Crippen LogP contribution in [0.25, 0.3) is 0 Å². The van der Waals surface area contributed by atoms with Crippen LogP contribution in [-0.4, -0.2) is 31.1 Å². The van der Waals surface area contributed by atoms with Gasteiger partial charge in [-0.15, -0.1) is 0 Å². The molecule has 0 aliphatic heterocycles. The van der Waals surface area contributed by atoms with Crippen molar-refractivity contribution >= 4 is 0 Å². The lowest BCUT2D eigenvalue weighted by Gasteiger charge is -2.31. The zero-order chi connectivity index (χ0) is 15.0. The van der Waals surface area contributed by atoms with Crippen LogP contribution in [0.3, 0.4) is 0 Å². The normalized spacial score (nSPS) is 13.2. The average Bonchev–Trinajstić information content (AvgIpc) is 2.45. The summed E-state index contributed by atoms with van der Waals surface area (Å²) >= 11 is 0. The van der Waals surface area contributed by atoms with Gasteiger partial charge in [-0.05, 0) is 45.3 Å². The Bertz CT molecular complexity index is 354. The molecule has 0 aliphatic rings. The molecule has 2 heteroatoms. The maximum Gasteiger partial charge on any atom is 0.0449 e. The summed E-state index contributed by atoms with van der Waals surface area (Å²) in [6.07, 6.45) is 3.62. The topological polar surface area (TPSA) is 15.3 Å². The van der Waals surface area contributed by atoms with E-state index >= 15 is 0 Å². The van der Waals surface area contributed by atoms with E-state index in [4.69, 9.17) is 0 Å². The van der Waals surface area contributed by atoms with E-state index in [1.807, 2.05) is 0 Å². The molecule has 1 N–H and O–H groups in total. The molecule has 1 rings (SSSR count). The summed E-state index contributed by atoms with van der Waals surface area (Å²) in [6.45, 7) is 11.1. The van der Waals surface area contributed by atoms with Crippen LogP contribution in [-0.2, 0) is 0 Å². The van der Waals surface area contributed by atoms with Crippen molar-refractivity contribution in [1.29, 1.82) is 0 Å². The van der Waals surface area contributed by atoms with Crippen molar-refractivity contribution in [3.8, 4) is 0 Å². The number of benzene rings is 1. The summed E-state index contributed by atoms with van der Waals surface area (Å²) in [5, 5.41) is 3.70. The van der Waals surface area contributed by atoms with Crippen molar-refractivity contribution in [1.82, 2.24) is 10.2 Å². The minimum absolute atomic E-state index is 0.432. The van der Waals surface area contributed by atoms with Gasteiger partial charge >= 0.3 is 0 Å². The molecule has 0 aromatic heterocycles. The SMILES string of the molecule is CCCNC(CN(C)C(CC)CC)c1ccc(C)cc1. The van der Waals surface area contributed by atoms with Gasteiger partial charge in [0.2, 0.25) is 0 Å². The van der Waals surface area contributed by atoms with Gasteiger partial charge < -0.3 is 10.2 Å². The standard InChI is InChI=1S/C18H32N2/c1-6-13-19-18(14-20(5)17(7-2)8-3)16-11-9-15(4)10-12-16/h9-12,17-19H,6-8,13-14H2,1-5H3. The highest BCUT2D eigenvalue weighted by molar-refractivity contribution is 5.24. The average molecular weight is 276 g/mol. The van der Waals surface area contributed by atoms with Crippen molar-refractivity contribution in [2.45, 2.75) is 59.0 Å². The highest BCUT2D eigenvalue weighted by Crippen LogP contribution is 2.17. The van der Waals surface area contributed by atoms with E-state index in [0.29, 0.717) is 12.1 Å². The van der Waals surface area contributed by atoms with Crippen molar-refractivity contribution in [3.05, 3.63) is 35.4 Å². The Morgan fingerprint density at radius 3 is 2.15 bits per heavy atom. The Kier molecular flexibility index (Phi) is 7.86. The van der Waals surface area contributed by atoms with Crippen LogP contribution < -0.4 is 5.32 Å². The molecule has 0 saturated carbocycles. The van der Waals surface area contributed by atoms with Crippen molar-refractivity contribution in [3.63, 3.8) is 0 Å². The molecule has 2 nitrogen and oxygen atoms in total. The number of hydrogen-bond acceptors (Lipinski definition) is 2. The van der Waals surface area contributed by atoms with Gasteiger partial charge in [-0.2, -0.15) is 0 Å². The lowest BCUT2D eigenvalue weighted by Crippen LogP contribution is -2.38. The molecule has 0 fully saturated rings. The third-order valence-electron chi connectivity index (χ3n) is 4.16. The number of likely N-dealkylation sites (N-methyl/N-ethyl adjacent to an activating group) is 1. The fourth-order valence-electron chi connectivity index (χ4n) is 2.75. The van der Waals surface area contributed by atoms with Gasteiger partial charge in [0, 0.05) is 18.6 Å². The second-order valence-electron chi connectivity index (χ2n) is 5.83. The van der Waals surface area contributed by atoms with Gasteiger partial charge in [0.05, 0.1) is 0 Å². The fraction of sp³-hybridized carbons (Fsp3) is 0.667. The van der Waals surface area contributed by atoms with Crippen LogP contribution in [0.1, 0.15) is 57.2 Å². The minimum atomic E-state index is 0.432. The monoisotopic (exact) mass is 276 g/mol. The Morgan fingerprint density at radius 2 is 1.65 bits per heavy atom. The van der Waals surface area contributed by atoms with E-state index in [1.165, 1.54) is 30.4 Å². The maximum absolute atomic E-state index is 3.70. The Balaban J connectivity index is 2.75. The lowest BCUT2D eigenvalue weighted by molar-refractivity contribution is 0.206. The van der Waals surface area contributed by atoms with Crippen LogP contribution in [0.4, 0.5) is 0 Å². The van der Waals surface area contributed by atoms with E-state index in [2.05, 4.69) is 69.2 Å². The number of hydrogen-bond donors (Lipinski definition) is 1. The number of aryl methyl sites for hydroxylation is 1. The van der Waals surface area contributed by atoms with E-state index in [9.17, 15) is 0 Å². The summed E-state index contributed by atoms with van der Waals surface area (Å²) in [5.41, 5.74) is 2.73. The Hall–Kier alpha value is -0.860. The van der Waals surface area contributed by atoms with Crippen LogP contribution in [0.2, 0.25) is 0 Å². The number of rotatable bonds is 9. The molecule has 1 aromatic rings. The third kappa shape index (κ3) is 5.26. The first-order valence-corrected chi connectivity index (χ1v) is 8.12. The van der Waals surface area contributed by atoms with Gasteiger partial charge in [-0.25, -0.2) is 0 Å². The molecule has 1 unspecified atom stereocenters. The predicted octanol–water partition coefficient (Wildman–Crippen LogP) is 4.16. The van der Waals surface area contributed by atoms with Crippen molar-refractivity contribution in [2.75, 3.05) is 20.1 Å². The zero-order valence-electron chi connectivity index (χ0n) is 13.9. The van der Waals surface area contributed by atoms with E-state index < -0.39 is 0 Å². The highest BCUT2D eigenvalue weighted by atomic mass is 15.2.